The molecule has 1 nitrogen and oxygen atoms in total. The van der Waals surface area contributed by atoms with Crippen LogP contribution in [-0.2, 0) is 0 Å². The molecule has 0 aliphatic heterocycles. The van der Waals surface area contributed by atoms with Gasteiger partial charge in [0, 0.05) is 11.7 Å². The van der Waals surface area contributed by atoms with Crippen molar-refractivity contribution in [1.29, 1.82) is 0 Å². The van der Waals surface area contributed by atoms with E-state index in [-0.39, 0.29) is 0 Å². The van der Waals surface area contributed by atoms with Crippen molar-refractivity contribution in [1.82, 2.24) is 4.98 Å². The van der Waals surface area contributed by atoms with Crippen LogP contribution in [0.4, 0.5) is 0 Å². The molecular formula is C16H19N. The maximum atomic E-state index is 3.21. The molecule has 0 saturated heterocycles. The third kappa shape index (κ3) is 2.33. The highest BCUT2D eigenvalue weighted by Crippen LogP contribution is 2.29. The van der Waals surface area contributed by atoms with Crippen molar-refractivity contribution in [3.63, 3.8) is 0 Å². The van der Waals surface area contributed by atoms with E-state index < -0.39 is 0 Å². The van der Waals surface area contributed by atoms with E-state index in [9.17, 15) is 0 Å². The molecule has 1 aliphatic carbocycles. The van der Waals surface area contributed by atoms with Crippen molar-refractivity contribution in [2.45, 2.75) is 27.2 Å². The highest BCUT2D eigenvalue weighted by atomic mass is 14.7. The molecule has 0 radical (unpaired) electrons. The van der Waals surface area contributed by atoms with Crippen molar-refractivity contribution in [3.8, 4) is 0 Å². The summed E-state index contributed by atoms with van der Waals surface area (Å²) in [7, 11) is 0. The van der Waals surface area contributed by atoms with Crippen LogP contribution in [0.1, 0.15) is 32.8 Å². The third-order valence-corrected chi connectivity index (χ3v) is 2.96. The summed E-state index contributed by atoms with van der Waals surface area (Å²) in [5, 5.41) is 1.29. The summed E-state index contributed by atoms with van der Waals surface area (Å²) in [4.78, 5) is 3.21. The Morgan fingerprint density at radius 2 is 1.88 bits per heavy atom. The smallest absolute Gasteiger partial charge is 0.0454 e. The number of hydrogen-bond donors (Lipinski definition) is 1. The van der Waals surface area contributed by atoms with E-state index in [1.165, 1.54) is 27.6 Å². The zero-order valence-corrected chi connectivity index (χ0v) is 10.7. The SMILES string of the molecule is CC.CC1=CC=C(c2ccc3[nH]ccc3c2)C1. The van der Waals surface area contributed by atoms with Gasteiger partial charge in [0.1, 0.15) is 0 Å². The van der Waals surface area contributed by atoms with Gasteiger partial charge in [0.2, 0.25) is 0 Å². The lowest BCUT2D eigenvalue weighted by molar-refractivity contribution is 1.26. The average Bonchev–Trinajstić information content (AvgIpc) is 2.99. The normalized spacial score (nSPS) is 14.1. The predicted octanol–water partition coefficient (Wildman–Crippen LogP) is 4.93. The van der Waals surface area contributed by atoms with Crippen LogP contribution in [0, 0.1) is 0 Å². The van der Waals surface area contributed by atoms with Gasteiger partial charge in [0.05, 0.1) is 0 Å². The van der Waals surface area contributed by atoms with Gasteiger partial charge in [0.15, 0.2) is 0 Å². The van der Waals surface area contributed by atoms with Gasteiger partial charge in [0.25, 0.3) is 0 Å². The lowest BCUT2D eigenvalue weighted by atomic mass is 10.0. The molecule has 0 amide bonds. The van der Waals surface area contributed by atoms with E-state index in [1.54, 1.807) is 0 Å². The number of aromatic nitrogens is 1. The summed E-state index contributed by atoms with van der Waals surface area (Å²) < 4.78 is 0. The molecule has 0 fully saturated rings. The number of nitrogens with one attached hydrogen (secondary N) is 1. The number of hydrogen-bond acceptors (Lipinski definition) is 0. The molecule has 1 aromatic carbocycles. The summed E-state index contributed by atoms with van der Waals surface area (Å²) in [5.41, 5.74) is 5.42. The van der Waals surface area contributed by atoms with E-state index in [1.807, 2.05) is 20.0 Å². The van der Waals surface area contributed by atoms with E-state index >= 15 is 0 Å². The fourth-order valence-electron chi connectivity index (χ4n) is 2.11. The van der Waals surface area contributed by atoms with Crippen molar-refractivity contribution < 1.29 is 0 Å². The lowest BCUT2D eigenvalue weighted by Gasteiger charge is -2.03. The van der Waals surface area contributed by atoms with Crippen LogP contribution in [0.5, 0.6) is 0 Å². The predicted molar refractivity (Wildman–Crippen MR) is 76.0 cm³/mol. The minimum Gasteiger partial charge on any atom is -0.361 e. The Bertz CT molecular complexity index is 570. The highest BCUT2D eigenvalue weighted by molar-refractivity contribution is 5.85. The Balaban J connectivity index is 0.000000514. The van der Waals surface area contributed by atoms with Crippen LogP contribution in [0.15, 0.2) is 48.2 Å². The Morgan fingerprint density at radius 1 is 1.06 bits per heavy atom. The molecule has 1 heterocycles. The monoisotopic (exact) mass is 225 g/mol. The Kier molecular flexibility index (Phi) is 3.48. The van der Waals surface area contributed by atoms with Crippen LogP contribution < -0.4 is 0 Å². The quantitative estimate of drug-likeness (QED) is 0.708. The van der Waals surface area contributed by atoms with Gasteiger partial charge in [-0.2, -0.15) is 0 Å². The standard InChI is InChI=1S/C14H13N.C2H6/c1-10-2-3-11(8-10)12-4-5-14-13(9-12)6-7-15-14;1-2/h2-7,9,15H,8H2,1H3;1-2H3. The summed E-state index contributed by atoms with van der Waals surface area (Å²) in [6.45, 7) is 6.18. The van der Waals surface area contributed by atoms with Crippen LogP contribution >= 0.6 is 0 Å². The lowest BCUT2D eigenvalue weighted by Crippen LogP contribution is -1.81. The van der Waals surface area contributed by atoms with Crippen molar-refractivity contribution >= 4 is 16.5 Å². The van der Waals surface area contributed by atoms with Gasteiger partial charge in [-0.15, -0.1) is 0 Å². The summed E-state index contributed by atoms with van der Waals surface area (Å²) in [5.74, 6) is 0. The molecule has 88 valence electrons. The Hall–Kier alpha value is -1.76. The summed E-state index contributed by atoms with van der Waals surface area (Å²) >= 11 is 0. The summed E-state index contributed by atoms with van der Waals surface area (Å²) in [6.07, 6.45) is 7.51. The van der Waals surface area contributed by atoms with E-state index in [0.717, 1.165) is 6.42 Å². The second-order valence-electron chi connectivity index (χ2n) is 4.16. The van der Waals surface area contributed by atoms with Crippen molar-refractivity contribution in [2.75, 3.05) is 0 Å². The number of H-pyrrole nitrogens is 1. The first kappa shape index (κ1) is 11.7. The maximum absolute atomic E-state index is 3.21. The van der Waals surface area contributed by atoms with Crippen LogP contribution in [0.2, 0.25) is 0 Å². The number of rotatable bonds is 1. The van der Waals surface area contributed by atoms with Crippen molar-refractivity contribution in [2.24, 2.45) is 0 Å². The number of benzene rings is 1. The number of fused-ring (bicyclic) bond motifs is 1. The Morgan fingerprint density at radius 3 is 2.59 bits per heavy atom. The average molecular weight is 225 g/mol. The molecule has 2 aromatic rings. The van der Waals surface area contributed by atoms with E-state index in [4.69, 9.17) is 0 Å². The maximum Gasteiger partial charge on any atom is 0.0454 e. The second-order valence-corrected chi connectivity index (χ2v) is 4.16. The number of allylic oxidation sites excluding steroid dienone is 4. The van der Waals surface area contributed by atoms with Gasteiger partial charge in [-0.3, -0.25) is 0 Å². The largest absolute Gasteiger partial charge is 0.361 e. The minimum atomic E-state index is 1.09. The number of aromatic amines is 1. The van der Waals surface area contributed by atoms with Gasteiger partial charge < -0.3 is 4.98 Å². The molecule has 0 spiro atoms. The molecule has 1 N–H and O–H groups in total. The minimum absolute atomic E-state index is 1.09. The molecule has 3 rings (SSSR count). The summed E-state index contributed by atoms with van der Waals surface area (Å²) in [6, 6.07) is 8.72. The first-order valence-electron chi connectivity index (χ1n) is 6.27. The molecule has 0 unspecified atom stereocenters. The van der Waals surface area contributed by atoms with Crippen LogP contribution in [-0.4, -0.2) is 4.98 Å². The Labute approximate surface area is 103 Å². The second kappa shape index (κ2) is 5.05. The van der Waals surface area contributed by atoms with Gasteiger partial charge in [-0.1, -0.05) is 37.6 Å². The molecule has 1 aliphatic rings. The molecule has 17 heavy (non-hydrogen) atoms. The first-order valence-corrected chi connectivity index (χ1v) is 6.27. The fraction of sp³-hybridized carbons (Fsp3) is 0.250. The molecular weight excluding hydrogens is 206 g/mol. The van der Waals surface area contributed by atoms with Crippen LogP contribution in [0.3, 0.4) is 0 Å². The first-order chi connectivity index (χ1) is 8.33. The fourth-order valence-corrected chi connectivity index (χ4v) is 2.11. The van der Waals surface area contributed by atoms with Gasteiger partial charge >= 0.3 is 0 Å². The molecule has 0 atom stereocenters. The topological polar surface area (TPSA) is 15.8 Å². The molecule has 0 bridgehead atoms. The van der Waals surface area contributed by atoms with Gasteiger partial charge in [-0.25, -0.2) is 0 Å². The van der Waals surface area contributed by atoms with E-state index in [2.05, 4.69) is 48.3 Å². The van der Waals surface area contributed by atoms with Crippen molar-refractivity contribution in [3.05, 3.63) is 53.8 Å². The van der Waals surface area contributed by atoms with E-state index in [0.29, 0.717) is 0 Å². The van der Waals surface area contributed by atoms with Crippen LogP contribution in [0.25, 0.3) is 16.5 Å². The third-order valence-electron chi connectivity index (χ3n) is 2.96. The molecule has 1 aromatic heterocycles. The molecule has 1 heteroatoms. The zero-order chi connectivity index (χ0) is 12.3. The molecule has 0 saturated carbocycles. The zero-order valence-electron chi connectivity index (χ0n) is 10.7. The van der Waals surface area contributed by atoms with Gasteiger partial charge in [-0.05, 0) is 48.1 Å². The highest BCUT2D eigenvalue weighted by Gasteiger charge is 2.07.